The molecule has 0 bridgehead atoms. The van der Waals surface area contributed by atoms with Crippen LogP contribution in [-0.2, 0) is 14.4 Å². The van der Waals surface area contributed by atoms with Crippen LogP contribution in [0.4, 0.5) is 11.4 Å². The van der Waals surface area contributed by atoms with E-state index in [4.69, 9.17) is 0 Å². The first-order chi connectivity index (χ1) is 14.9. The van der Waals surface area contributed by atoms with E-state index in [0.29, 0.717) is 28.9 Å². The fraction of sp³-hybridized carbons (Fsp3) is 0.273. The number of aliphatic hydroxyl groups excluding tert-OH is 1. The Balaban J connectivity index is 1.50. The van der Waals surface area contributed by atoms with E-state index >= 15 is 0 Å². The van der Waals surface area contributed by atoms with Gasteiger partial charge < -0.3 is 25.7 Å². The molecule has 0 radical (unpaired) electrons. The number of rotatable bonds is 7. The summed E-state index contributed by atoms with van der Waals surface area (Å²) in [5, 5.41) is 25.3. The molecule has 0 saturated carbocycles. The third-order valence-corrected chi connectivity index (χ3v) is 5.54. The molecular formula is C22H22N4O5. The Morgan fingerprint density at radius 1 is 1.26 bits per heavy atom. The number of amides is 2. The number of nitrogens with zero attached hydrogens (tertiary/aromatic N) is 2. The number of nitrogens with one attached hydrogen (secondary N) is 2. The van der Waals surface area contributed by atoms with E-state index in [2.05, 4.69) is 15.6 Å². The number of carbonyl (C=O) groups is 3. The van der Waals surface area contributed by atoms with Gasteiger partial charge >= 0.3 is 5.97 Å². The summed E-state index contributed by atoms with van der Waals surface area (Å²) in [6, 6.07) is 10.2. The number of aromatic nitrogens is 1. The van der Waals surface area contributed by atoms with Crippen LogP contribution in [0.1, 0.15) is 18.9 Å². The quantitative estimate of drug-likeness (QED) is 0.498. The molecule has 2 aliphatic heterocycles. The molecule has 3 atom stereocenters. The average molecular weight is 422 g/mol. The second-order valence-corrected chi connectivity index (χ2v) is 7.60. The maximum Gasteiger partial charge on any atom is 0.352 e. The highest BCUT2D eigenvalue weighted by atomic mass is 16.4. The molecule has 31 heavy (non-hydrogen) atoms. The molecule has 9 heteroatoms. The molecule has 1 saturated heterocycles. The zero-order valence-corrected chi connectivity index (χ0v) is 16.8. The maximum atomic E-state index is 12.4. The number of benzene rings is 1. The third kappa shape index (κ3) is 3.87. The summed E-state index contributed by atoms with van der Waals surface area (Å²) in [5.74, 6) is -2.39. The summed E-state index contributed by atoms with van der Waals surface area (Å²) in [4.78, 5) is 41.6. The minimum absolute atomic E-state index is 0.0144. The summed E-state index contributed by atoms with van der Waals surface area (Å²) in [7, 11) is 0. The number of anilines is 2. The molecule has 1 fully saturated rings. The normalized spacial score (nSPS) is 20.7. The number of pyridine rings is 1. The molecule has 4 N–H and O–H groups in total. The molecular weight excluding hydrogens is 400 g/mol. The Morgan fingerprint density at radius 3 is 2.71 bits per heavy atom. The van der Waals surface area contributed by atoms with Gasteiger partial charge in [-0.05, 0) is 48.7 Å². The fourth-order valence-corrected chi connectivity index (χ4v) is 4.17. The van der Waals surface area contributed by atoms with Crippen molar-refractivity contribution in [3.8, 4) is 0 Å². The average Bonchev–Trinajstić information content (AvgIpc) is 3.08. The van der Waals surface area contributed by atoms with Gasteiger partial charge in [0.15, 0.2) is 0 Å². The van der Waals surface area contributed by atoms with Crippen molar-refractivity contribution in [2.24, 2.45) is 5.92 Å². The summed E-state index contributed by atoms with van der Waals surface area (Å²) in [5.41, 5.74) is 2.38. The zero-order valence-electron chi connectivity index (χ0n) is 16.8. The Kier molecular flexibility index (Phi) is 5.43. The van der Waals surface area contributed by atoms with Crippen molar-refractivity contribution < 1.29 is 24.6 Å². The van der Waals surface area contributed by atoms with Gasteiger partial charge in [0.05, 0.1) is 36.5 Å². The van der Waals surface area contributed by atoms with Crippen LogP contribution in [0.3, 0.4) is 0 Å². The second-order valence-electron chi connectivity index (χ2n) is 7.60. The number of β-lactam (4-membered cyclic amide) rings is 1. The number of hydrogen-bond donors (Lipinski definition) is 4. The first-order valence-electron chi connectivity index (χ1n) is 9.88. The van der Waals surface area contributed by atoms with E-state index in [1.807, 2.05) is 0 Å². The van der Waals surface area contributed by atoms with Gasteiger partial charge in [-0.15, -0.1) is 0 Å². The number of hydrogen-bond acceptors (Lipinski definition) is 6. The van der Waals surface area contributed by atoms with Gasteiger partial charge in [0.1, 0.15) is 5.70 Å². The SMILES string of the molecule is C[C@@H](O)[C@H]1C(=O)N2C(C(=O)O)=C(c3cccc(NCC(=O)Nc4cccnc4)c3)C[C@H]12. The van der Waals surface area contributed by atoms with E-state index in [9.17, 15) is 24.6 Å². The minimum Gasteiger partial charge on any atom is -0.477 e. The Hall–Kier alpha value is -3.72. The number of carboxylic acids is 1. The summed E-state index contributed by atoms with van der Waals surface area (Å²) in [6.07, 6.45) is 2.68. The molecule has 0 spiro atoms. The van der Waals surface area contributed by atoms with Crippen LogP contribution < -0.4 is 10.6 Å². The Bertz CT molecular complexity index is 1070. The van der Waals surface area contributed by atoms with Gasteiger partial charge in [0.25, 0.3) is 0 Å². The van der Waals surface area contributed by atoms with Gasteiger partial charge in [0, 0.05) is 11.9 Å². The van der Waals surface area contributed by atoms with Crippen molar-refractivity contribution in [2.45, 2.75) is 25.5 Å². The highest BCUT2D eigenvalue weighted by molar-refractivity contribution is 6.06. The van der Waals surface area contributed by atoms with Crippen LogP contribution >= 0.6 is 0 Å². The standard InChI is InChI=1S/C22H22N4O5/c1-12(27)19-17-9-16(20(22(30)31)26(17)21(19)29)13-4-2-5-14(8-13)24-11-18(28)25-15-6-3-7-23-10-15/h2-8,10,12,17,19,24,27H,9,11H2,1H3,(H,25,28)(H,30,31)/t12-,17-,19-/m1/s1. The lowest BCUT2D eigenvalue weighted by Gasteiger charge is -2.44. The van der Waals surface area contributed by atoms with Crippen molar-refractivity contribution in [2.75, 3.05) is 17.2 Å². The lowest BCUT2D eigenvalue weighted by atomic mass is 9.82. The maximum absolute atomic E-state index is 12.4. The van der Waals surface area contributed by atoms with Crippen LogP contribution in [0.2, 0.25) is 0 Å². The fourth-order valence-electron chi connectivity index (χ4n) is 4.17. The molecule has 2 aliphatic rings. The molecule has 1 aromatic carbocycles. The zero-order chi connectivity index (χ0) is 22.1. The largest absolute Gasteiger partial charge is 0.477 e. The van der Waals surface area contributed by atoms with Gasteiger partial charge in [0.2, 0.25) is 11.8 Å². The lowest BCUT2D eigenvalue weighted by molar-refractivity contribution is -0.161. The number of fused-ring (bicyclic) bond motifs is 1. The molecule has 0 unspecified atom stereocenters. The topological polar surface area (TPSA) is 132 Å². The van der Waals surface area contributed by atoms with E-state index < -0.39 is 18.0 Å². The predicted octanol–water partition coefficient (Wildman–Crippen LogP) is 1.54. The van der Waals surface area contributed by atoms with Crippen LogP contribution in [0.25, 0.3) is 5.57 Å². The first-order valence-corrected chi connectivity index (χ1v) is 9.88. The van der Waals surface area contributed by atoms with Crippen LogP contribution in [-0.4, -0.2) is 56.6 Å². The highest BCUT2D eigenvalue weighted by Gasteiger charge is 2.56. The Labute approximate surface area is 178 Å². The van der Waals surface area contributed by atoms with Crippen LogP contribution in [0.15, 0.2) is 54.5 Å². The number of carbonyl (C=O) groups excluding carboxylic acids is 2. The van der Waals surface area contributed by atoms with Crippen molar-refractivity contribution >= 4 is 34.7 Å². The lowest BCUT2D eigenvalue weighted by Crippen LogP contribution is -2.61. The van der Waals surface area contributed by atoms with Crippen LogP contribution in [0, 0.1) is 5.92 Å². The summed E-state index contributed by atoms with van der Waals surface area (Å²) >= 11 is 0. The van der Waals surface area contributed by atoms with E-state index in [-0.39, 0.29) is 30.1 Å². The van der Waals surface area contributed by atoms with Gasteiger partial charge in [-0.25, -0.2) is 4.79 Å². The second kappa shape index (κ2) is 8.19. The van der Waals surface area contributed by atoms with Crippen molar-refractivity contribution in [1.82, 2.24) is 9.88 Å². The third-order valence-electron chi connectivity index (χ3n) is 5.54. The van der Waals surface area contributed by atoms with Crippen molar-refractivity contribution in [1.29, 1.82) is 0 Å². The number of aliphatic carboxylic acids is 1. The smallest absolute Gasteiger partial charge is 0.352 e. The molecule has 0 aliphatic carbocycles. The van der Waals surface area contributed by atoms with Gasteiger partial charge in [-0.1, -0.05) is 12.1 Å². The van der Waals surface area contributed by atoms with E-state index in [1.165, 1.54) is 4.90 Å². The molecule has 160 valence electrons. The Morgan fingerprint density at radius 2 is 2.03 bits per heavy atom. The monoisotopic (exact) mass is 422 g/mol. The van der Waals surface area contributed by atoms with E-state index in [1.54, 1.807) is 55.7 Å². The van der Waals surface area contributed by atoms with Crippen molar-refractivity contribution in [3.05, 3.63) is 60.1 Å². The van der Waals surface area contributed by atoms with Crippen molar-refractivity contribution in [3.63, 3.8) is 0 Å². The number of carboxylic acid groups (broad SMARTS) is 1. The van der Waals surface area contributed by atoms with E-state index in [0.717, 1.165) is 0 Å². The molecule has 2 aromatic rings. The highest BCUT2D eigenvalue weighted by Crippen LogP contribution is 2.47. The predicted molar refractivity (Wildman–Crippen MR) is 113 cm³/mol. The molecule has 9 nitrogen and oxygen atoms in total. The molecule has 3 heterocycles. The molecule has 1 aromatic heterocycles. The van der Waals surface area contributed by atoms with Crippen LogP contribution in [0.5, 0.6) is 0 Å². The number of aliphatic hydroxyl groups is 1. The molecule has 4 rings (SSSR count). The minimum atomic E-state index is -1.18. The van der Waals surface area contributed by atoms with Gasteiger partial charge in [-0.2, -0.15) is 0 Å². The van der Waals surface area contributed by atoms with Gasteiger partial charge in [-0.3, -0.25) is 14.6 Å². The summed E-state index contributed by atoms with van der Waals surface area (Å²) < 4.78 is 0. The first kappa shape index (κ1) is 20.5. The summed E-state index contributed by atoms with van der Waals surface area (Å²) in [6.45, 7) is 1.56. The molecule has 2 amide bonds.